The molecule has 2 rings (SSSR count). The van der Waals surface area contributed by atoms with Gasteiger partial charge in [-0.05, 0) is 18.6 Å². The maximum Gasteiger partial charge on any atom is 0.216 e. The van der Waals surface area contributed by atoms with Crippen LogP contribution in [0.4, 0.5) is 5.69 Å². The maximum atomic E-state index is 12.2. The van der Waals surface area contributed by atoms with E-state index in [9.17, 15) is 8.42 Å². The lowest BCUT2D eigenvalue weighted by molar-refractivity contribution is 0.0354. The summed E-state index contributed by atoms with van der Waals surface area (Å²) in [5, 5.41) is 0. The van der Waals surface area contributed by atoms with Crippen LogP contribution in [-0.4, -0.2) is 52.2 Å². The highest BCUT2D eigenvalue weighted by Gasteiger charge is 2.19. The molecule has 118 valence electrons. The summed E-state index contributed by atoms with van der Waals surface area (Å²) in [6.07, 6.45) is 0. The average Bonchev–Trinajstić information content (AvgIpc) is 2.41. The highest BCUT2D eigenvalue weighted by Crippen LogP contribution is 2.14. The normalized spacial score (nSPS) is 18.5. The summed E-state index contributed by atoms with van der Waals surface area (Å²) in [5.74, 6) is -0.0902. The van der Waals surface area contributed by atoms with E-state index in [0.717, 1.165) is 13.1 Å². The number of nitrogen functional groups attached to an aromatic ring is 1. The summed E-state index contributed by atoms with van der Waals surface area (Å²) in [6, 6.07) is 6.89. The first kappa shape index (κ1) is 16.2. The van der Waals surface area contributed by atoms with Gasteiger partial charge in [0.15, 0.2) is 0 Å². The molecule has 21 heavy (non-hydrogen) atoms. The quantitative estimate of drug-likeness (QED) is 0.743. The summed E-state index contributed by atoms with van der Waals surface area (Å²) in [5.41, 5.74) is 6.93. The number of hydrogen-bond acceptors (Lipinski definition) is 5. The van der Waals surface area contributed by atoms with Gasteiger partial charge in [0.05, 0.1) is 19.0 Å². The number of para-hydroxylation sites is 1. The topological polar surface area (TPSA) is 84.7 Å². The van der Waals surface area contributed by atoms with Crippen LogP contribution in [0.2, 0.25) is 0 Å². The van der Waals surface area contributed by atoms with E-state index in [1.165, 1.54) is 0 Å². The Morgan fingerprint density at radius 3 is 2.67 bits per heavy atom. The van der Waals surface area contributed by atoms with E-state index in [1.54, 1.807) is 24.3 Å². The van der Waals surface area contributed by atoms with Crippen molar-refractivity contribution in [1.29, 1.82) is 0 Å². The van der Waals surface area contributed by atoms with Crippen LogP contribution in [0.3, 0.4) is 0 Å². The van der Waals surface area contributed by atoms with Crippen LogP contribution >= 0.6 is 0 Å². The highest BCUT2D eigenvalue weighted by atomic mass is 32.2. The number of morpholine rings is 1. The molecule has 1 heterocycles. The molecule has 0 spiro atoms. The van der Waals surface area contributed by atoms with Gasteiger partial charge >= 0.3 is 0 Å². The van der Waals surface area contributed by atoms with Gasteiger partial charge in [0.25, 0.3) is 0 Å². The van der Waals surface area contributed by atoms with E-state index < -0.39 is 10.0 Å². The molecule has 1 aliphatic rings. The van der Waals surface area contributed by atoms with Crippen LogP contribution in [0.1, 0.15) is 12.5 Å². The van der Waals surface area contributed by atoms with Gasteiger partial charge in [0, 0.05) is 31.4 Å². The molecular weight excluding hydrogens is 290 g/mol. The smallest absolute Gasteiger partial charge is 0.216 e. The molecule has 0 aliphatic carbocycles. The predicted octanol–water partition coefficient (Wildman–Crippen LogP) is 0.409. The van der Waals surface area contributed by atoms with E-state index in [2.05, 4.69) is 9.62 Å². The summed E-state index contributed by atoms with van der Waals surface area (Å²) in [4.78, 5) is 2.20. The summed E-state index contributed by atoms with van der Waals surface area (Å²) in [7, 11) is -3.40. The molecule has 0 aromatic heterocycles. The predicted molar refractivity (Wildman–Crippen MR) is 83.3 cm³/mol. The third-order valence-electron chi connectivity index (χ3n) is 3.42. The fourth-order valence-corrected chi connectivity index (χ4v) is 3.87. The SMILES string of the molecule is CC(CN1CCOCC1)NS(=O)(=O)Cc1ccccc1N. The van der Waals surface area contributed by atoms with Crippen molar-refractivity contribution < 1.29 is 13.2 Å². The lowest BCUT2D eigenvalue weighted by Gasteiger charge is -2.29. The molecule has 1 fully saturated rings. The number of anilines is 1. The van der Waals surface area contributed by atoms with E-state index >= 15 is 0 Å². The molecule has 0 bridgehead atoms. The molecule has 0 saturated carbocycles. The number of nitrogens with two attached hydrogens (primary N) is 1. The molecule has 0 amide bonds. The van der Waals surface area contributed by atoms with Crippen LogP contribution in [0.25, 0.3) is 0 Å². The van der Waals surface area contributed by atoms with Crippen molar-refractivity contribution in [2.75, 3.05) is 38.6 Å². The third-order valence-corrected chi connectivity index (χ3v) is 4.87. The van der Waals surface area contributed by atoms with Crippen LogP contribution in [0.5, 0.6) is 0 Å². The number of ether oxygens (including phenoxy) is 1. The van der Waals surface area contributed by atoms with Gasteiger partial charge < -0.3 is 10.5 Å². The molecule has 1 saturated heterocycles. The van der Waals surface area contributed by atoms with Gasteiger partial charge in [-0.3, -0.25) is 4.90 Å². The standard InChI is InChI=1S/C14H23N3O3S/c1-12(10-17-6-8-20-9-7-17)16-21(18,19)11-13-4-2-3-5-14(13)15/h2-5,12,16H,6-11,15H2,1H3. The van der Waals surface area contributed by atoms with Crippen molar-refractivity contribution in [3.63, 3.8) is 0 Å². The minimum atomic E-state index is -3.40. The van der Waals surface area contributed by atoms with Crippen LogP contribution in [0.15, 0.2) is 24.3 Å². The number of benzene rings is 1. The van der Waals surface area contributed by atoms with Gasteiger partial charge in [0.2, 0.25) is 10.0 Å². The Hall–Kier alpha value is -1.15. The average molecular weight is 313 g/mol. The molecule has 7 heteroatoms. The summed E-state index contributed by atoms with van der Waals surface area (Å²) < 4.78 is 32.4. The minimum Gasteiger partial charge on any atom is -0.398 e. The third kappa shape index (κ3) is 5.28. The Balaban J connectivity index is 1.89. The minimum absolute atomic E-state index is 0.0902. The zero-order chi connectivity index (χ0) is 15.3. The molecular formula is C14H23N3O3S. The van der Waals surface area contributed by atoms with E-state index in [-0.39, 0.29) is 11.8 Å². The summed E-state index contributed by atoms with van der Waals surface area (Å²) in [6.45, 7) is 5.67. The molecule has 1 aliphatic heterocycles. The molecule has 3 N–H and O–H groups in total. The zero-order valence-electron chi connectivity index (χ0n) is 12.3. The first-order chi connectivity index (χ1) is 9.96. The van der Waals surface area contributed by atoms with Gasteiger partial charge in [-0.25, -0.2) is 13.1 Å². The van der Waals surface area contributed by atoms with Crippen LogP contribution in [0, 0.1) is 0 Å². The molecule has 0 radical (unpaired) electrons. The first-order valence-corrected chi connectivity index (χ1v) is 8.75. The Morgan fingerprint density at radius 1 is 1.33 bits per heavy atom. The largest absolute Gasteiger partial charge is 0.398 e. The van der Waals surface area contributed by atoms with Gasteiger partial charge in [-0.2, -0.15) is 0 Å². The van der Waals surface area contributed by atoms with Crippen molar-refractivity contribution in [3.8, 4) is 0 Å². The molecule has 1 atom stereocenters. The molecule has 1 aromatic rings. The Labute approximate surface area is 126 Å². The van der Waals surface area contributed by atoms with E-state index in [0.29, 0.717) is 31.0 Å². The van der Waals surface area contributed by atoms with Crippen molar-refractivity contribution >= 4 is 15.7 Å². The fourth-order valence-electron chi connectivity index (χ4n) is 2.43. The number of nitrogens with one attached hydrogen (secondary N) is 1. The zero-order valence-corrected chi connectivity index (χ0v) is 13.1. The molecule has 1 aromatic carbocycles. The lowest BCUT2D eigenvalue weighted by atomic mass is 10.2. The second-order valence-electron chi connectivity index (χ2n) is 5.39. The van der Waals surface area contributed by atoms with E-state index in [4.69, 9.17) is 10.5 Å². The summed E-state index contributed by atoms with van der Waals surface area (Å²) >= 11 is 0. The number of nitrogens with zero attached hydrogens (tertiary/aromatic N) is 1. The number of sulfonamides is 1. The highest BCUT2D eigenvalue weighted by molar-refractivity contribution is 7.88. The molecule has 1 unspecified atom stereocenters. The Kier molecular flexibility index (Phi) is 5.58. The number of hydrogen-bond donors (Lipinski definition) is 2. The Morgan fingerprint density at radius 2 is 2.00 bits per heavy atom. The maximum absolute atomic E-state index is 12.2. The first-order valence-electron chi connectivity index (χ1n) is 7.10. The van der Waals surface area contributed by atoms with E-state index in [1.807, 2.05) is 6.92 Å². The lowest BCUT2D eigenvalue weighted by Crippen LogP contribution is -2.46. The molecule has 6 nitrogen and oxygen atoms in total. The van der Waals surface area contributed by atoms with Crippen molar-refractivity contribution in [3.05, 3.63) is 29.8 Å². The van der Waals surface area contributed by atoms with Gasteiger partial charge in [-0.1, -0.05) is 18.2 Å². The fraction of sp³-hybridized carbons (Fsp3) is 0.571. The van der Waals surface area contributed by atoms with Crippen molar-refractivity contribution in [1.82, 2.24) is 9.62 Å². The second-order valence-corrected chi connectivity index (χ2v) is 7.14. The van der Waals surface area contributed by atoms with Crippen LogP contribution in [-0.2, 0) is 20.5 Å². The number of rotatable bonds is 6. The second kappa shape index (κ2) is 7.22. The Bertz CT molecular complexity index is 556. The van der Waals surface area contributed by atoms with Crippen molar-refractivity contribution in [2.24, 2.45) is 0 Å². The van der Waals surface area contributed by atoms with Gasteiger partial charge in [0.1, 0.15) is 0 Å². The van der Waals surface area contributed by atoms with Gasteiger partial charge in [-0.15, -0.1) is 0 Å². The van der Waals surface area contributed by atoms with Crippen molar-refractivity contribution in [2.45, 2.75) is 18.7 Å². The van der Waals surface area contributed by atoms with Crippen LogP contribution < -0.4 is 10.5 Å². The monoisotopic (exact) mass is 313 g/mol.